The fourth-order valence-corrected chi connectivity index (χ4v) is 2.20. The standard InChI is InChI=1S/C10H23N3/c1-3-13(8-6-11)10-5-4-7-12(2)9-10/h10H,3-9,11H2,1-2H3/t10-/m0/s1. The highest BCUT2D eigenvalue weighted by Crippen LogP contribution is 2.13. The van der Waals surface area contributed by atoms with Gasteiger partial charge in [-0.25, -0.2) is 0 Å². The Morgan fingerprint density at radius 3 is 2.85 bits per heavy atom. The molecule has 0 aromatic heterocycles. The van der Waals surface area contributed by atoms with E-state index < -0.39 is 0 Å². The highest BCUT2D eigenvalue weighted by Gasteiger charge is 2.21. The maximum absolute atomic E-state index is 5.59. The molecule has 0 aromatic carbocycles. The Labute approximate surface area is 81.9 Å². The van der Waals surface area contributed by atoms with Crippen LogP contribution < -0.4 is 5.73 Å². The lowest BCUT2D eigenvalue weighted by molar-refractivity contribution is 0.119. The minimum Gasteiger partial charge on any atom is -0.329 e. The molecule has 0 unspecified atom stereocenters. The summed E-state index contributed by atoms with van der Waals surface area (Å²) in [4.78, 5) is 4.93. The Morgan fingerprint density at radius 1 is 1.54 bits per heavy atom. The molecular formula is C10H23N3. The van der Waals surface area contributed by atoms with Gasteiger partial charge >= 0.3 is 0 Å². The third kappa shape index (κ3) is 3.25. The summed E-state index contributed by atoms with van der Waals surface area (Å²) in [6.07, 6.45) is 2.68. The van der Waals surface area contributed by atoms with Gasteiger partial charge in [0.25, 0.3) is 0 Å². The number of likely N-dealkylation sites (tertiary alicyclic amines) is 1. The lowest BCUT2D eigenvalue weighted by Gasteiger charge is -2.37. The number of likely N-dealkylation sites (N-methyl/N-ethyl adjacent to an activating group) is 2. The molecule has 1 saturated heterocycles. The van der Waals surface area contributed by atoms with Crippen LogP contribution in [0.4, 0.5) is 0 Å². The van der Waals surface area contributed by atoms with E-state index in [9.17, 15) is 0 Å². The van der Waals surface area contributed by atoms with Crippen LogP contribution in [0, 0.1) is 0 Å². The zero-order chi connectivity index (χ0) is 9.68. The van der Waals surface area contributed by atoms with Crippen molar-refractivity contribution in [3.63, 3.8) is 0 Å². The van der Waals surface area contributed by atoms with Crippen LogP contribution >= 0.6 is 0 Å². The fraction of sp³-hybridized carbons (Fsp3) is 1.00. The van der Waals surface area contributed by atoms with Crippen LogP contribution in [0.3, 0.4) is 0 Å². The van der Waals surface area contributed by atoms with Gasteiger partial charge in [-0.2, -0.15) is 0 Å². The van der Waals surface area contributed by atoms with Crippen LogP contribution in [0.25, 0.3) is 0 Å². The van der Waals surface area contributed by atoms with Gasteiger partial charge in [0.1, 0.15) is 0 Å². The predicted octanol–water partition coefficient (Wildman–Crippen LogP) is 0.361. The predicted molar refractivity (Wildman–Crippen MR) is 56.8 cm³/mol. The van der Waals surface area contributed by atoms with E-state index in [1.807, 2.05) is 0 Å². The largest absolute Gasteiger partial charge is 0.329 e. The molecule has 1 atom stereocenters. The Morgan fingerprint density at radius 2 is 2.31 bits per heavy atom. The van der Waals surface area contributed by atoms with E-state index in [1.54, 1.807) is 0 Å². The Hall–Kier alpha value is -0.120. The molecule has 1 aliphatic rings. The first-order chi connectivity index (χ1) is 6.27. The van der Waals surface area contributed by atoms with Crippen molar-refractivity contribution in [3.05, 3.63) is 0 Å². The molecule has 0 aliphatic carbocycles. The summed E-state index contributed by atoms with van der Waals surface area (Å²) < 4.78 is 0. The topological polar surface area (TPSA) is 32.5 Å². The average Bonchev–Trinajstić information content (AvgIpc) is 2.14. The Kier molecular flexibility index (Phi) is 4.70. The van der Waals surface area contributed by atoms with Crippen LogP contribution in [0.1, 0.15) is 19.8 Å². The van der Waals surface area contributed by atoms with Gasteiger partial charge in [-0.3, -0.25) is 4.90 Å². The molecule has 0 spiro atoms. The number of nitrogens with two attached hydrogens (primary N) is 1. The second-order valence-corrected chi connectivity index (χ2v) is 3.98. The van der Waals surface area contributed by atoms with Crippen molar-refractivity contribution < 1.29 is 0 Å². The summed E-state index contributed by atoms with van der Waals surface area (Å²) >= 11 is 0. The van der Waals surface area contributed by atoms with Crippen molar-refractivity contribution >= 4 is 0 Å². The van der Waals surface area contributed by atoms with Crippen molar-refractivity contribution in [2.45, 2.75) is 25.8 Å². The molecular weight excluding hydrogens is 162 g/mol. The number of hydrogen-bond donors (Lipinski definition) is 1. The van der Waals surface area contributed by atoms with Crippen molar-refractivity contribution in [3.8, 4) is 0 Å². The summed E-state index contributed by atoms with van der Waals surface area (Å²) in [7, 11) is 2.21. The zero-order valence-electron chi connectivity index (χ0n) is 9.00. The molecule has 1 fully saturated rings. The molecule has 78 valence electrons. The van der Waals surface area contributed by atoms with Crippen molar-refractivity contribution in [1.29, 1.82) is 0 Å². The van der Waals surface area contributed by atoms with E-state index in [4.69, 9.17) is 5.73 Å². The van der Waals surface area contributed by atoms with Crippen LogP contribution in [-0.2, 0) is 0 Å². The Bertz CT molecular complexity index is 138. The van der Waals surface area contributed by atoms with Gasteiger partial charge < -0.3 is 10.6 Å². The molecule has 0 radical (unpaired) electrons. The molecule has 0 bridgehead atoms. The van der Waals surface area contributed by atoms with Crippen molar-refractivity contribution in [2.75, 3.05) is 39.8 Å². The molecule has 3 heteroatoms. The molecule has 0 amide bonds. The lowest BCUT2D eigenvalue weighted by Crippen LogP contribution is -2.48. The average molecular weight is 185 g/mol. The zero-order valence-corrected chi connectivity index (χ0v) is 9.00. The summed E-state index contributed by atoms with van der Waals surface area (Å²) in [5.41, 5.74) is 5.59. The molecule has 13 heavy (non-hydrogen) atoms. The van der Waals surface area contributed by atoms with E-state index in [2.05, 4.69) is 23.8 Å². The summed E-state index contributed by atoms with van der Waals surface area (Å²) in [5.74, 6) is 0. The molecule has 3 nitrogen and oxygen atoms in total. The van der Waals surface area contributed by atoms with Crippen LogP contribution in [-0.4, -0.2) is 55.6 Å². The van der Waals surface area contributed by atoms with Crippen LogP contribution in [0.15, 0.2) is 0 Å². The van der Waals surface area contributed by atoms with E-state index in [0.717, 1.165) is 25.7 Å². The van der Waals surface area contributed by atoms with E-state index >= 15 is 0 Å². The van der Waals surface area contributed by atoms with Crippen molar-refractivity contribution in [1.82, 2.24) is 9.80 Å². The minimum atomic E-state index is 0.743. The second-order valence-electron chi connectivity index (χ2n) is 3.98. The minimum absolute atomic E-state index is 0.743. The second kappa shape index (κ2) is 5.58. The molecule has 1 heterocycles. The van der Waals surface area contributed by atoms with Gasteiger partial charge in [0, 0.05) is 25.7 Å². The highest BCUT2D eigenvalue weighted by molar-refractivity contribution is 4.78. The van der Waals surface area contributed by atoms with Gasteiger partial charge in [-0.05, 0) is 33.0 Å². The highest BCUT2D eigenvalue weighted by atomic mass is 15.2. The first-order valence-corrected chi connectivity index (χ1v) is 5.40. The van der Waals surface area contributed by atoms with Gasteiger partial charge in [0.05, 0.1) is 0 Å². The van der Waals surface area contributed by atoms with E-state index in [1.165, 1.54) is 25.9 Å². The van der Waals surface area contributed by atoms with E-state index in [-0.39, 0.29) is 0 Å². The van der Waals surface area contributed by atoms with Gasteiger partial charge in [0.2, 0.25) is 0 Å². The summed E-state index contributed by atoms with van der Waals surface area (Å²) in [6, 6.07) is 0.743. The van der Waals surface area contributed by atoms with E-state index in [0.29, 0.717) is 0 Å². The third-order valence-electron chi connectivity index (χ3n) is 2.94. The Balaban J connectivity index is 2.37. The van der Waals surface area contributed by atoms with Crippen LogP contribution in [0.2, 0.25) is 0 Å². The normalized spacial score (nSPS) is 25.4. The lowest BCUT2D eigenvalue weighted by atomic mass is 10.0. The van der Waals surface area contributed by atoms with Crippen LogP contribution in [0.5, 0.6) is 0 Å². The number of piperidine rings is 1. The first-order valence-electron chi connectivity index (χ1n) is 5.40. The molecule has 2 N–H and O–H groups in total. The first kappa shape index (κ1) is 11.0. The summed E-state index contributed by atoms with van der Waals surface area (Å²) in [6.45, 7) is 7.67. The molecule has 0 aromatic rings. The monoisotopic (exact) mass is 185 g/mol. The van der Waals surface area contributed by atoms with Gasteiger partial charge in [-0.1, -0.05) is 6.92 Å². The number of rotatable bonds is 4. The molecule has 1 aliphatic heterocycles. The van der Waals surface area contributed by atoms with Gasteiger partial charge in [-0.15, -0.1) is 0 Å². The third-order valence-corrected chi connectivity index (χ3v) is 2.94. The molecule has 1 rings (SSSR count). The SMILES string of the molecule is CCN(CCN)[C@H]1CCCN(C)C1. The molecule has 0 saturated carbocycles. The maximum atomic E-state index is 5.59. The fourth-order valence-electron chi connectivity index (χ4n) is 2.20. The van der Waals surface area contributed by atoms with Crippen molar-refractivity contribution in [2.24, 2.45) is 5.73 Å². The maximum Gasteiger partial charge on any atom is 0.0223 e. The summed E-state index contributed by atoms with van der Waals surface area (Å²) in [5, 5.41) is 0. The smallest absolute Gasteiger partial charge is 0.0223 e. The quantitative estimate of drug-likeness (QED) is 0.686. The number of nitrogens with zero attached hydrogens (tertiary/aromatic N) is 2. The number of hydrogen-bond acceptors (Lipinski definition) is 3. The van der Waals surface area contributed by atoms with Gasteiger partial charge in [0.15, 0.2) is 0 Å².